The molecule has 30 heavy (non-hydrogen) atoms. The number of hydrogen-bond acceptors (Lipinski definition) is 8. The van der Waals surface area contributed by atoms with E-state index in [9.17, 15) is 19.5 Å². The molecule has 1 unspecified atom stereocenters. The number of carbonyl (C=O) groups is 3. The number of nitrogens with one attached hydrogen (secondary N) is 2. The Morgan fingerprint density at radius 1 is 1.17 bits per heavy atom. The van der Waals surface area contributed by atoms with Gasteiger partial charge in [0.15, 0.2) is 6.04 Å². The quantitative estimate of drug-likeness (QED) is 0.299. The van der Waals surface area contributed by atoms with Crippen molar-refractivity contribution in [2.24, 2.45) is 17.4 Å². The maximum Gasteiger partial charge on any atom is 0.328 e. The van der Waals surface area contributed by atoms with Gasteiger partial charge >= 0.3 is 12.0 Å². The summed E-state index contributed by atoms with van der Waals surface area (Å²) in [6.45, 7) is 1.22. The van der Waals surface area contributed by atoms with Gasteiger partial charge in [0.1, 0.15) is 6.04 Å². The lowest BCUT2D eigenvalue weighted by Crippen LogP contribution is -2.52. The summed E-state index contributed by atoms with van der Waals surface area (Å²) >= 11 is 0. The van der Waals surface area contributed by atoms with Crippen LogP contribution >= 0.6 is 0 Å². The zero-order valence-corrected chi connectivity index (χ0v) is 16.9. The maximum atomic E-state index is 12.2. The van der Waals surface area contributed by atoms with Crippen LogP contribution in [0.5, 0.6) is 0 Å². The van der Waals surface area contributed by atoms with Crippen LogP contribution in [0.3, 0.4) is 0 Å². The first-order valence-electron chi connectivity index (χ1n) is 10.0. The number of carbonyl (C=O) groups excluding carboxylic acids is 2. The van der Waals surface area contributed by atoms with Gasteiger partial charge in [-0.25, -0.2) is 9.59 Å². The summed E-state index contributed by atoms with van der Waals surface area (Å²) in [7, 11) is 0. The number of carboxylic acid groups (broad SMARTS) is 1. The van der Waals surface area contributed by atoms with Crippen LogP contribution in [0.2, 0.25) is 0 Å². The van der Waals surface area contributed by atoms with Gasteiger partial charge in [-0.15, -0.1) is 10.2 Å². The van der Waals surface area contributed by atoms with Crippen molar-refractivity contribution in [3.8, 4) is 0 Å². The molecule has 1 fully saturated rings. The van der Waals surface area contributed by atoms with Crippen LogP contribution < -0.4 is 22.1 Å². The molecule has 0 spiro atoms. The summed E-state index contributed by atoms with van der Waals surface area (Å²) in [5, 5.41) is 30.8. The Balaban J connectivity index is 2.04. The molecule has 1 aliphatic rings. The first-order chi connectivity index (χ1) is 14.2. The molecule has 0 radical (unpaired) electrons. The summed E-state index contributed by atoms with van der Waals surface area (Å²) in [4.78, 5) is 34.7. The number of carboxylic acids is 1. The largest absolute Gasteiger partial charge is 0.480 e. The molecule has 0 bridgehead atoms. The number of aromatic nitrogens is 2. The highest BCUT2D eigenvalue weighted by Gasteiger charge is 2.29. The molecule has 0 aliphatic heterocycles. The zero-order valence-electron chi connectivity index (χ0n) is 16.9. The van der Waals surface area contributed by atoms with Gasteiger partial charge in [-0.3, -0.25) is 4.79 Å². The van der Waals surface area contributed by atoms with Crippen LogP contribution in [0.25, 0.3) is 0 Å². The third kappa shape index (κ3) is 6.95. The molecular formula is C18H30N6O6. The molecule has 12 nitrogen and oxygen atoms in total. The van der Waals surface area contributed by atoms with Crippen molar-refractivity contribution in [2.45, 2.75) is 76.1 Å². The summed E-state index contributed by atoms with van der Waals surface area (Å²) in [5.74, 6) is -1.54. The number of aliphatic carboxylic acids is 1. The maximum absolute atomic E-state index is 12.2. The van der Waals surface area contributed by atoms with Gasteiger partial charge in [0.05, 0.1) is 18.6 Å². The molecule has 0 saturated heterocycles. The van der Waals surface area contributed by atoms with E-state index in [4.69, 9.17) is 21.0 Å². The predicted molar refractivity (Wildman–Crippen MR) is 104 cm³/mol. The number of amides is 3. The van der Waals surface area contributed by atoms with Gasteiger partial charge in [0, 0.05) is 0 Å². The van der Waals surface area contributed by atoms with E-state index in [0.717, 1.165) is 12.8 Å². The lowest BCUT2D eigenvalue weighted by molar-refractivity contribution is -0.141. The zero-order chi connectivity index (χ0) is 22.3. The molecule has 1 heterocycles. The van der Waals surface area contributed by atoms with Crippen molar-refractivity contribution in [3.63, 3.8) is 0 Å². The van der Waals surface area contributed by atoms with Crippen molar-refractivity contribution in [3.05, 3.63) is 11.8 Å². The van der Waals surface area contributed by atoms with E-state index in [-0.39, 0.29) is 18.2 Å². The van der Waals surface area contributed by atoms with Crippen LogP contribution in [0.15, 0.2) is 4.42 Å². The average Bonchev–Trinajstić information content (AvgIpc) is 3.16. The average molecular weight is 426 g/mol. The monoisotopic (exact) mass is 426 g/mol. The Bertz CT molecular complexity index is 733. The van der Waals surface area contributed by atoms with Crippen LogP contribution in [-0.2, 0) is 9.59 Å². The molecule has 1 aromatic rings. The smallest absolute Gasteiger partial charge is 0.328 e. The highest BCUT2D eigenvalue weighted by Crippen LogP contribution is 2.31. The van der Waals surface area contributed by atoms with E-state index in [1.165, 1.54) is 26.2 Å². The normalized spacial score (nSPS) is 18.8. The third-order valence-electron chi connectivity index (χ3n) is 5.13. The van der Waals surface area contributed by atoms with Crippen molar-refractivity contribution in [2.75, 3.05) is 0 Å². The standard InChI is InChI=1S/C18H30N6O6/c1-9(25)14(17(27)28)22-18(29)21-12(8-13(20)26)16-24-23-15(30-16)11(19)7-10-5-3-2-4-6-10/h9-12,14,25H,2-8,19H2,1H3,(H2,20,26)(H,27,28)(H2,21,22,29)/t9?,11-,12-,14-/m0/s1. The van der Waals surface area contributed by atoms with Gasteiger partial charge in [0.2, 0.25) is 17.7 Å². The fraction of sp³-hybridized carbons (Fsp3) is 0.722. The number of aliphatic hydroxyl groups excluding tert-OH is 1. The Hall–Kier alpha value is -2.73. The lowest BCUT2D eigenvalue weighted by Gasteiger charge is -2.23. The van der Waals surface area contributed by atoms with Crippen molar-refractivity contribution < 1.29 is 29.0 Å². The third-order valence-corrected chi connectivity index (χ3v) is 5.13. The van der Waals surface area contributed by atoms with E-state index in [1.807, 2.05) is 0 Å². The number of hydrogen-bond donors (Lipinski definition) is 6. The number of primary amides is 1. The van der Waals surface area contributed by atoms with Crippen LogP contribution in [0, 0.1) is 5.92 Å². The van der Waals surface area contributed by atoms with E-state index < -0.39 is 42.1 Å². The summed E-state index contributed by atoms with van der Waals surface area (Å²) in [6, 6.07) is -4.03. The minimum absolute atomic E-state index is 0.0676. The highest BCUT2D eigenvalue weighted by molar-refractivity contribution is 5.83. The fourth-order valence-corrected chi connectivity index (χ4v) is 3.55. The highest BCUT2D eigenvalue weighted by atomic mass is 16.4. The molecule has 2 rings (SSSR count). The molecule has 12 heteroatoms. The van der Waals surface area contributed by atoms with Crippen molar-refractivity contribution in [1.29, 1.82) is 0 Å². The number of rotatable bonds is 10. The first-order valence-corrected chi connectivity index (χ1v) is 10.0. The van der Waals surface area contributed by atoms with E-state index >= 15 is 0 Å². The summed E-state index contributed by atoms with van der Waals surface area (Å²) in [5.41, 5.74) is 11.4. The van der Waals surface area contributed by atoms with Gasteiger partial charge in [0.25, 0.3) is 0 Å². The van der Waals surface area contributed by atoms with Gasteiger partial charge in [-0.05, 0) is 19.3 Å². The molecule has 1 aliphatic carbocycles. The number of nitrogens with zero attached hydrogens (tertiary/aromatic N) is 2. The Kier molecular flexibility index (Phi) is 8.54. The van der Waals surface area contributed by atoms with E-state index in [1.54, 1.807) is 0 Å². The molecule has 1 aromatic heterocycles. The summed E-state index contributed by atoms with van der Waals surface area (Å²) in [6.07, 6.45) is 4.81. The topological polar surface area (TPSA) is 207 Å². The molecule has 4 atom stereocenters. The Labute approximate surface area is 173 Å². The molecular weight excluding hydrogens is 396 g/mol. The molecule has 8 N–H and O–H groups in total. The van der Waals surface area contributed by atoms with Crippen LogP contribution in [-0.4, -0.2) is 50.5 Å². The second kappa shape index (κ2) is 10.9. The molecule has 3 amide bonds. The Morgan fingerprint density at radius 3 is 2.37 bits per heavy atom. The number of aliphatic hydroxyl groups is 1. The minimum atomic E-state index is -1.54. The van der Waals surface area contributed by atoms with E-state index in [2.05, 4.69) is 20.8 Å². The molecule has 0 aromatic carbocycles. The second-order valence-electron chi connectivity index (χ2n) is 7.72. The fourth-order valence-electron chi connectivity index (χ4n) is 3.55. The predicted octanol–water partition coefficient (Wildman–Crippen LogP) is 0.0895. The molecule has 1 saturated carbocycles. The van der Waals surface area contributed by atoms with Crippen molar-refractivity contribution in [1.82, 2.24) is 20.8 Å². The number of urea groups is 1. The second-order valence-corrected chi connectivity index (χ2v) is 7.72. The van der Waals surface area contributed by atoms with Crippen molar-refractivity contribution >= 4 is 17.9 Å². The molecule has 168 valence electrons. The minimum Gasteiger partial charge on any atom is -0.480 e. The first kappa shape index (κ1) is 23.5. The van der Waals surface area contributed by atoms with Gasteiger partial charge < -0.3 is 36.7 Å². The van der Waals surface area contributed by atoms with Gasteiger partial charge in [-0.1, -0.05) is 32.1 Å². The van der Waals surface area contributed by atoms with E-state index in [0.29, 0.717) is 12.3 Å². The van der Waals surface area contributed by atoms with Gasteiger partial charge in [-0.2, -0.15) is 0 Å². The Morgan fingerprint density at radius 2 is 1.80 bits per heavy atom. The SMILES string of the molecule is CC(O)[C@H](NC(=O)N[C@@H](CC(N)=O)c1nnc([C@@H](N)CC2CCCCC2)o1)C(=O)O. The summed E-state index contributed by atoms with van der Waals surface area (Å²) < 4.78 is 5.59. The lowest BCUT2D eigenvalue weighted by atomic mass is 9.85. The van der Waals surface area contributed by atoms with Crippen LogP contribution in [0.1, 0.15) is 75.7 Å². The number of nitrogens with two attached hydrogens (primary N) is 2. The van der Waals surface area contributed by atoms with Crippen LogP contribution in [0.4, 0.5) is 4.79 Å².